The minimum Gasteiger partial charge on any atom is -0.503 e. The summed E-state index contributed by atoms with van der Waals surface area (Å²) >= 11 is 0. The van der Waals surface area contributed by atoms with Crippen molar-refractivity contribution in [2.24, 2.45) is 0 Å². The molecular weight excluding hydrogens is 304 g/mol. The van der Waals surface area contributed by atoms with Crippen molar-refractivity contribution in [3.63, 3.8) is 0 Å². The monoisotopic (exact) mass is 317 g/mol. The van der Waals surface area contributed by atoms with Gasteiger partial charge < -0.3 is 15.1 Å². The largest absolute Gasteiger partial charge is 0.503 e. The molecule has 2 aromatic rings. The van der Waals surface area contributed by atoms with Crippen LogP contribution in [0.25, 0.3) is 6.08 Å². The number of fused-ring (bicyclic) bond motifs is 1. The van der Waals surface area contributed by atoms with Crippen LogP contribution in [0.15, 0.2) is 36.4 Å². The molecule has 1 aliphatic heterocycles. The zero-order valence-electron chi connectivity index (χ0n) is 12.1. The maximum Gasteiger partial charge on any atom is 0.335 e. The topological polar surface area (TPSA) is 60.8 Å². The van der Waals surface area contributed by atoms with Crippen LogP contribution in [-0.2, 0) is 0 Å². The lowest BCUT2D eigenvalue weighted by Crippen LogP contribution is -2.30. The first-order chi connectivity index (χ1) is 10.9. The van der Waals surface area contributed by atoms with Gasteiger partial charge in [-0.15, -0.1) is 0 Å². The number of carboxylic acids is 1. The molecule has 6 heteroatoms. The van der Waals surface area contributed by atoms with Crippen molar-refractivity contribution in [1.29, 1.82) is 0 Å². The molecule has 1 atom stereocenters. The minimum atomic E-state index is -1.06. The molecule has 0 saturated heterocycles. The Hall–Kier alpha value is -2.89. The zero-order chi connectivity index (χ0) is 16.7. The molecule has 0 spiro atoms. The van der Waals surface area contributed by atoms with E-state index in [9.17, 15) is 18.7 Å². The first kappa shape index (κ1) is 15.0. The Bertz CT molecular complexity index is 833. The van der Waals surface area contributed by atoms with Gasteiger partial charge in [-0.3, -0.25) is 0 Å². The van der Waals surface area contributed by atoms with Crippen LogP contribution < -0.4 is 4.90 Å². The predicted octanol–water partition coefficient (Wildman–Crippen LogP) is 3.92. The number of carbonyl (C=O) groups is 1. The van der Waals surface area contributed by atoms with Gasteiger partial charge in [0.15, 0.2) is 17.4 Å². The number of phenolic OH excluding ortho intramolecular Hbond substituents is 1. The Balaban J connectivity index is 2.17. The molecule has 0 amide bonds. The van der Waals surface area contributed by atoms with Gasteiger partial charge in [0.25, 0.3) is 0 Å². The highest BCUT2D eigenvalue weighted by atomic mass is 19.1. The summed E-state index contributed by atoms with van der Waals surface area (Å²) < 4.78 is 27.5. The van der Waals surface area contributed by atoms with Crippen LogP contribution in [0.2, 0.25) is 0 Å². The quantitative estimate of drug-likeness (QED) is 0.881. The van der Waals surface area contributed by atoms with Crippen molar-refractivity contribution in [1.82, 2.24) is 0 Å². The third kappa shape index (κ3) is 2.42. The van der Waals surface area contributed by atoms with Crippen molar-refractivity contribution in [2.75, 3.05) is 4.90 Å². The number of anilines is 2. The summed E-state index contributed by atoms with van der Waals surface area (Å²) in [6, 6.07) is 6.45. The first-order valence-corrected chi connectivity index (χ1v) is 6.92. The third-order valence-electron chi connectivity index (χ3n) is 3.80. The second-order valence-electron chi connectivity index (χ2n) is 5.28. The van der Waals surface area contributed by atoms with E-state index in [0.717, 1.165) is 6.07 Å². The molecule has 23 heavy (non-hydrogen) atoms. The number of hydrogen-bond acceptors (Lipinski definition) is 3. The summed E-state index contributed by atoms with van der Waals surface area (Å²) in [6.45, 7) is 1.81. The fourth-order valence-electron chi connectivity index (χ4n) is 2.65. The Morgan fingerprint density at radius 2 is 1.87 bits per heavy atom. The number of benzene rings is 2. The molecule has 0 aliphatic carbocycles. The molecule has 1 unspecified atom stereocenters. The van der Waals surface area contributed by atoms with E-state index >= 15 is 0 Å². The molecule has 2 aromatic carbocycles. The maximum absolute atomic E-state index is 14.3. The molecule has 1 heterocycles. The Labute approximate surface area is 130 Å². The maximum atomic E-state index is 14.3. The number of phenols is 1. The van der Waals surface area contributed by atoms with Crippen LogP contribution in [0.4, 0.5) is 20.2 Å². The third-order valence-corrected chi connectivity index (χ3v) is 3.80. The van der Waals surface area contributed by atoms with Gasteiger partial charge in [0, 0.05) is 11.7 Å². The van der Waals surface area contributed by atoms with E-state index in [0.29, 0.717) is 11.3 Å². The molecule has 0 aromatic heterocycles. The minimum absolute atomic E-state index is 0.0186. The first-order valence-electron chi connectivity index (χ1n) is 6.92. The average molecular weight is 317 g/mol. The lowest BCUT2D eigenvalue weighted by atomic mass is 10.00. The van der Waals surface area contributed by atoms with Gasteiger partial charge in [0.2, 0.25) is 0 Å². The fraction of sp³-hybridized carbons (Fsp3) is 0.118. The molecule has 0 saturated carbocycles. The molecule has 118 valence electrons. The van der Waals surface area contributed by atoms with E-state index in [1.807, 2.05) is 6.92 Å². The van der Waals surface area contributed by atoms with Gasteiger partial charge in [-0.25, -0.2) is 13.6 Å². The van der Waals surface area contributed by atoms with E-state index in [2.05, 4.69) is 0 Å². The molecule has 2 N–H and O–H groups in total. The van der Waals surface area contributed by atoms with Gasteiger partial charge in [-0.2, -0.15) is 0 Å². The summed E-state index contributed by atoms with van der Waals surface area (Å²) in [5.74, 6) is -4.18. The van der Waals surface area contributed by atoms with E-state index in [-0.39, 0.29) is 17.3 Å². The summed E-state index contributed by atoms with van der Waals surface area (Å²) in [5.41, 5.74) is 1.32. The standard InChI is InChI=1S/C17H13F2NO3/c1-9-2-3-10-8-11(17(22)23)4-6-13(10)20(9)14-7-5-12(18)16(21)15(14)19/h2-9,21H,1H3,(H,22,23). The molecule has 3 rings (SSSR count). The van der Waals surface area contributed by atoms with Crippen LogP contribution in [0, 0.1) is 11.6 Å². The van der Waals surface area contributed by atoms with Crippen molar-refractivity contribution < 1.29 is 23.8 Å². The highest BCUT2D eigenvalue weighted by Gasteiger charge is 2.26. The van der Waals surface area contributed by atoms with Gasteiger partial charge >= 0.3 is 5.97 Å². The van der Waals surface area contributed by atoms with Crippen molar-refractivity contribution >= 4 is 23.4 Å². The molecule has 0 fully saturated rings. The number of halogens is 2. The van der Waals surface area contributed by atoms with E-state index in [1.165, 1.54) is 18.2 Å². The smallest absolute Gasteiger partial charge is 0.335 e. The Kier molecular flexibility index (Phi) is 3.52. The second-order valence-corrected chi connectivity index (χ2v) is 5.28. The summed E-state index contributed by atoms with van der Waals surface area (Å²) in [7, 11) is 0. The van der Waals surface area contributed by atoms with Crippen molar-refractivity contribution in [3.05, 3.63) is 59.2 Å². The number of aromatic hydroxyl groups is 1. The van der Waals surface area contributed by atoms with Crippen LogP contribution in [0.3, 0.4) is 0 Å². The highest BCUT2D eigenvalue weighted by molar-refractivity contribution is 5.91. The molecule has 1 aliphatic rings. The van der Waals surface area contributed by atoms with Gasteiger partial charge in [0.05, 0.1) is 11.3 Å². The van der Waals surface area contributed by atoms with Crippen LogP contribution >= 0.6 is 0 Å². The Morgan fingerprint density at radius 1 is 1.17 bits per heavy atom. The van der Waals surface area contributed by atoms with E-state index < -0.39 is 23.4 Å². The number of rotatable bonds is 2. The lowest BCUT2D eigenvalue weighted by molar-refractivity contribution is 0.0697. The molecule has 4 nitrogen and oxygen atoms in total. The summed E-state index contributed by atoms with van der Waals surface area (Å²) in [4.78, 5) is 12.6. The fourth-order valence-corrected chi connectivity index (χ4v) is 2.65. The van der Waals surface area contributed by atoms with Crippen molar-refractivity contribution in [3.8, 4) is 5.75 Å². The number of carboxylic acid groups (broad SMARTS) is 1. The van der Waals surface area contributed by atoms with Gasteiger partial charge in [-0.05, 0) is 42.8 Å². The second kappa shape index (κ2) is 5.39. The number of aromatic carboxylic acids is 1. The predicted molar refractivity (Wildman–Crippen MR) is 82.1 cm³/mol. The average Bonchev–Trinajstić information content (AvgIpc) is 2.53. The summed E-state index contributed by atoms with van der Waals surface area (Å²) in [5, 5.41) is 18.6. The zero-order valence-corrected chi connectivity index (χ0v) is 12.1. The van der Waals surface area contributed by atoms with Gasteiger partial charge in [0.1, 0.15) is 0 Å². The van der Waals surface area contributed by atoms with Crippen LogP contribution in [-0.4, -0.2) is 22.2 Å². The van der Waals surface area contributed by atoms with Crippen molar-refractivity contribution in [2.45, 2.75) is 13.0 Å². The van der Waals surface area contributed by atoms with Crippen LogP contribution in [0.5, 0.6) is 5.75 Å². The lowest BCUT2D eigenvalue weighted by Gasteiger charge is -2.34. The highest BCUT2D eigenvalue weighted by Crippen LogP contribution is 2.39. The number of nitrogens with zero attached hydrogens (tertiary/aromatic N) is 1. The number of hydrogen-bond donors (Lipinski definition) is 2. The normalized spacial score (nSPS) is 16.3. The van der Waals surface area contributed by atoms with E-state index in [1.54, 1.807) is 23.1 Å². The summed E-state index contributed by atoms with van der Waals surface area (Å²) in [6.07, 6.45) is 3.53. The van der Waals surface area contributed by atoms with E-state index in [4.69, 9.17) is 5.11 Å². The molecule has 0 radical (unpaired) electrons. The van der Waals surface area contributed by atoms with Crippen LogP contribution in [0.1, 0.15) is 22.8 Å². The molecule has 0 bridgehead atoms. The SMILES string of the molecule is CC1C=Cc2cc(C(=O)O)ccc2N1c1ccc(F)c(O)c1F. The molecular formula is C17H13F2NO3. The Morgan fingerprint density at radius 3 is 2.57 bits per heavy atom. The van der Waals surface area contributed by atoms with Gasteiger partial charge in [-0.1, -0.05) is 12.2 Å².